The Bertz CT molecular complexity index is 1040. The lowest BCUT2D eigenvalue weighted by Gasteiger charge is -2.22. The zero-order valence-corrected chi connectivity index (χ0v) is 17.2. The summed E-state index contributed by atoms with van der Waals surface area (Å²) in [5.41, 5.74) is 8.70. The second-order valence-corrected chi connectivity index (χ2v) is 8.07. The number of ketones is 1. The van der Waals surface area contributed by atoms with Crippen LogP contribution in [0.2, 0.25) is 0 Å². The first-order valence-corrected chi connectivity index (χ1v) is 9.47. The fourth-order valence-electron chi connectivity index (χ4n) is 3.12. The number of rotatable bonds is 6. The lowest BCUT2D eigenvalue weighted by atomic mass is 10.0. The van der Waals surface area contributed by atoms with E-state index in [9.17, 15) is 9.18 Å². The van der Waals surface area contributed by atoms with Gasteiger partial charge in [0, 0.05) is 24.7 Å². The summed E-state index contributed by atoms with van der Waals surface area (Å²) in [6, 6.07) is 10.1. The molecule has 2 heterocycles. The minimum Gasteiger partial charge on any atom is -0.382 e. The van der Waals surface area contributed by atoms with E-state index in [1.807, 2.05) is 27.7 Å². The van der Waals surface area contributed by atoms with Gasteiger partial charge in [0.1, 0.15) is 17.3 Å². The average molecular weight is 395 g/mol. The summed E-state index contributed by atoms with van der Waals surface area (Å²) in [4.78, 5) is 16.9. The van der Waals surface area contributed by atoms with Gasteiger partial charge in [-0.2, -0.15) is 5.10 Å². The molecule has 0 fully saturated rings. The molecule has 2 aromatic heterocycles. The van der Waals surface area contributed by atoms with Crippen LogP contribution in [0.1, 0.15) is 48.1 Å². The molecule has 0 saturated carbocycles. The Hall–Kier alpha value is -3.22. The van der Waals surface area contributed by atoms with E-state index in [0.717, 1.165) is 11.3 Å². The van der Waals surface area contributed by atoms with Crippen molar-refractivity contribution in [1.29, 1.82) is 0 Å². The van der Waals surface area contributed by atoms with Gasteiger partial charge in [-0.1, -0.05) is 12.1 Å². The van der Waals surface area contributed by atoms with Crippen LogP contribution in [0.4, 0.5) is 15.9 Å². The summed E-state index contributed by atoms with van der Waals surface area (Å²) in [5, 5.41) is 7.54. The number of Topliss-reactive ketones (excluding diaryl/α,β-unsaturated/α-hetero) is 1. The van der Waals surface area contributed by atoms with Gasteiger partial charge in [0.2, 0.25) is 0 Å². The number of pyridine rings is 1. The molecule has 0 atom stereocenters. The highest BCUT2D eigenvalue weighted by molar-refractivity contribution is 5.96. The van der Waals surface area contributed by atoms with E-state index in [-0.39, 0.29) is 30.1 Å². The molecule has 152 valence electrons. The number of halogens is 1. The summed E-state index contributed by atoms with van der Waals surface area (Å²) >= 11 is 0. The Morgan fingerprint density at radius 1 is 1.24 bits per heavy atom. The van der Waals surface area contributed by atoms with E-state index < -0.39 is 0 Å². The smallest absolute Gasteiger partial charge is 0.185 e. The first-order valence-electron chi connectivity index (χ1n) is 9.47. The molecule has 0 bridgehead atoms. The van der Waals surface area contributed by atoms with Crippen LogP contribution in [0, 0.1) is 12.7 Å². The number of nitrogens with two attached hydrogens (primary N) is 1. The number of hydrogen-bond acceptors (Lipinski definition) is 5. The molecular formula is C22H26FN5O. The lowest BCUT2D eigenvalue weighted by Crippen LogP contribution is -2.27. The van der Waals surface area contributed by atoms with Crippen LogP contribution in [0.25, 0.3) is 0 Å². The third-order valence-electron chi connectivity index (χ3n) is 4.54. The van der Waals surface area contributed by atoms with Crippen LogP contribution in [-0.4, -0.2) is 20.5 Å². The van der Waals surface area contributed by atoms with E-state index in [0.29, 0.717) is 22.8 Å². The van der Waals surface area contributed by atoms with Crippen molar-refractivity contribution >= 4 is 17.3 Å². The van der Waals surface area contributed by atoms with Crippen molar-refractivity contribution in [3.05, 3.63) is 70.9 Å². The number of carbonyl (C=O) groups is 1. The Morgan fingerprint density at radius 2 is 2.00 bits per heavy atom. The largest absolute Gasteiger partial charge is 0.382 e. The molecule has 0 saturated heterocycles. The highest BCUT2D eigenvalue weighted by atomic mass is 19.1. The molecule has 3 N–H and O–H groups in total. The van der Waals surface area contributed by atoms with Crippen molar-refractivity contribution in [2.75, 3.05) is 11.1 Å². The van der Waals surface area contributed by atoms with E-state index in [1.165, 1.54) is 6.07 Å². The van der Waals surface area contributed by atoms with E-state index in [4.69, 9.17) is 5.73 Å². The molecule has 0 radical (unpaired) electrons. The summed E-state index contributed by atoms with van der Waals surface area (Å²) in [6.45, 7) is 8.11. The second-order valence-electron chi connectivity index (χ2n) is 8.07. The standard InChI is InChI=1S/C22H26FN5O/c1-14-10-19(28(27-14)22(2,3)4)20(29)12-15-7-8-17(23)16(11-15)13-26-18-6-5-9-25-21(18)24/h5-11,26H,12-13H2,1-4H3,(H2,24,25). The van der Waals surface area contributed by atoms with Crippen LogP contribution in [0.5, 0.6) is 0 Å². The number of aryl methyl sites for hydroxylation is 1. The molecule has 6 nitrogen and oxygen atoms in total. The van der Waals surface area contributed by atoms with Gasteiger partial charge in [-0.15, -0.1) is 0 Å². The van der Waals surface area contributed by atoms with Crippen LogP contribution >= 0.6 is 0 Å². The fraction of sp³-hybridized carbons (Fsp3) is 0.318. The number of carbonyl (C=O) groups excluding carboxylic acids is 1. The van der Waals surface area contributed by atoms with Crippen molar-refractivity contribution in [2.45, 2.75) is 46.2 Å². The Balaban J connectivity index is 1.78. The van der Waals surface area contributed by atoms with Crippen LogP contribution in [0.3, 0.4) is 0 Å². The quantitative estimate of drug-likeness (QED) is 0.614. The Kier molecular flexibility index (Phi) is 5.68. The summed E-state index contributed by atoms with van der Waals surface area (Å²) in [7, 11) is 0. The molecule has 3 aromatic rings. The lowest BCUT2D eigenvalue weighted by molar-refractivity contribution is 0.0975. The minimum absolute atomic E-state index is 0.0532. The SMILES string of the molecule is Cc1cc(C(=O)Cc2ccc(F)c(CNc3cccnc3N)c2)n(C(C)(C)C)n1. The molecule has 1 aromatic carbocycles. The van der Waals surface area contributed by atoms with E-state index in [1.54, 1.807) is 41.2 Å². The van der Waals surface area contributed by atoms with Gasteiger partial charge in [-0.05, 0) is 57.5 Å². The number of nitrogens with zero attached hydrogens (tertiary/aromatic N) is 3. The van der Waals surface area contributed by atoms with Crippen molar-refractivity contribution in [1.82, 2.24) is 14.8 Å². The molecule has 0 unspecified atom stereocenters. The van der Waals surface area contributed by atoms with Crippen LogP contribution in [-0.2, 0) is 18.5 Å². The van der Waals surface area contributed by atoms with Gasteiger partial charge >= 0.3 is 0 Å². The number of nitrogen functional groups attached to an aromatic ring is 1. The highest BCUT2D eigenvalue weighted by Crippen LogP contribution is 2.21. The van der Waals surface area contributed by atoms with Crippen molar-refractivity contribution in [2.24, 2.45) is 0 Å². The molecule has 0 aliphatic carbocycles. The first kappa shape index (κ1) is 20.5. The zero-order chi connectivity index (χ0) is 21.2. The predicted molar refractivity (Wildman–Crippen MR) is 112 cm³/mol. The first-order chi connectivity index (χ1) is 13.6. The molecule has 0 aliphatic heterocycles. The monoisotopic (exact) mass is 395 g/mol. The molecule has 0 amide bonds. The normalized spacial score (nSPS) is 11.5. The number of benzene rings is 1. The van der Waals surface area contributed by atoms with Crippen molar-refractivity contribution < 1.29 is 9.18 Å². The van der Waals surface area contributed by atoms with E-state index >= 15 is 0 Å². The third kappa shape index (κ3) is 4.80. The molecule has 0 spiro atoms. The maximum absolute atomic E-state index is 14.3. The fourth-order valence-corrected chi connectivity index (χ4v) is 3.12. The van der Waals surface area contributed by atoms with Gasteiger partial charge in [0.25, 0.3) is 0 Å². The van der Waals surface area contributed by atoms with Crippen molar-refractivity contribution in [3.8, 4) is 0 Å². The van der Waals surface area contributed by atoms with Gasteiger partial charge in [-0.25, -0.2) is 9.37 Å². The van der Waals surface area contributed by atoms with Gasteiger partial charge < -0.3 is 11.1 Å². The molecule has 7 heteroatoms. The van der Waals surface area contributed by atoms with Gasteiger partial charge in [0.15, 0.2) is 5.78 Å². The predicted octanol–water partition coefficient (Wildman–Crippen LogP) is 4.10. The van der Waals surface area contributed by atoms with Crippen molar-refractivity contribution in [3.63, 3.8) is 0 Å². The summed E-state index contributed by atoms with van der Waals surface area (Å²) in [5.74, 6) is -0.0423. The Labute approximate surface area is 170 Å². The zero-order valence-electron chi connectivity index (χ0n) is 17.2. The van der Waals surface area contributed by atoms with Gasteiger partial charge in [-0.3, -0.25) is 9.48 Å². The maximum atomic E-state index is 14.3. The number of nitrogens with one attached hydrogen (secondary N) is 1. The molecule has 0 aliphatic rings. The van der Waals surface area contributed by atoms with Gasteiger partial charge in [0.05, 0.1) is 16.9 Å². The second kappa shape index (κ2) is 8.03. The van der Waals surface area contributed by atoms with Crippen LogP contribution < -0.4 is 11.1 Å². The number of aromatic nitrogens is 3. The number of anilines is 2. The number of hydrogen-bond donors (Lipinski definition) is 2. The average Bonchev–Trinajstić information content (AvgIpc) is 3.06. The van der Waals surface area contributed by atoms with E-state index in [2.05, 4.69) is 15.4 Å². The van der Waals surface area contributed by atoms with Crippen LogP contribution in [0.15, 0.2) is 42.6 Å². The molecular weight excluding hydrogens is 369 g/mol. The highest BCUT2D eigenvalue weighted by Gasteiger charge is 2.23. The molecule has 29 heavy (non-hydrogen) atoms. The summed E-state index contributed by atoms with van der Waals surface area (Å²) < 4.78 is 16.0. The molecule has 3 rings (SSSR count). The topological polar surface area (TPSA) is 85.8 Å². The Morgan fingerprint density at radius 3 is 2.69 bits per heavy atom. The summed E-state index contributed by atoms with van der Waals surface area (Å²) in [6.07, 6.45) is 1.76. The third-order valence-corrected chi connectivity index (χ3v) is 4.54. The minimum atomic E-state index is -0.341. The maximum Gasteiger partial charge on any atom is 0.185 e.